The van der Waals surface area contributed by atoms with E-state index in [1.807, 2.05) is 6.07 Å². The van der Waals surface area contributed by atoms with Crippen LogP contribution >= 0.6 is 27.5 Å². The van der Waals surface area contributed by atoms with E-state index >= 15 is 0 Å². The highest BCUT2D eigenvalue weighted by Crippen LogP contribution is 2.32. The molecule has 0 saturated heterocycles. The molecule has 3 rings (SSSR count). The molecular formula is C15H11BrClFO3. The normalized spacial score (nSPS) is 13.5. The van der Waals surface area contributed by atoms with Crippen LogP contribution in [0.5, 0.6) is 11.5 Å². The Morgan fingerprint density at radius 1 is 1.29 bits per heavy atom. The number of hydrogen-bond acceptors (Lipinski definition) is 3. The minimum Gasteiger partial charge on any atom is -0.487 e. The fraction of sp³-hybridized carbons (Fsp3) is 0.200. The van der Waals surface area contributed by atoms with Crippen LogP contribution in [0.4, 0.5) is 4.39 Å². The highest BCUT2D eigenvalue weighted by atomic mass is 79.9. The van der Waals surface area contributed by atoms with Crippen LogP contribution < -0.4 is 9.47 Å². The molecule has 0 unspecified atom stereocenters. The van der Waals surface area contributed by atoms with Gasteiger partial charge in [-0.25, -0.2) is 4.39 Å². The lowest BCUT2D eigenvalue weighted by Crippen LogP contribution is -2.14. The van der Waals surface area contributed by atoms with E-state index in [2.05, 4.69) is 15.9 Å². The van der Waals surface area contributed by atoms with Gasteiger partial charge in [0, 0.05) is 15.6 Å². The first kappa shape index (κ1) is 14.6. The van der Waals surface area contributed by atoms with Gasteiger partial charge in [-0.2, -0.15) is 0 Å². The standard InChI is InChI=1S/C15H11BrClFO3/c16-11-1-2-14(13(17)5-11)20-7-10-4-12(18)3-9-6-19-8-21-15(9)10/h1-5H,6-8H2. The van der Waals surface area contributed by atoms with Gasteiger partial charge in [0.15, 0.2) is 6.79 Å². The second-order valence-corrected chi connectivity index (χ2v) is 5.85. The first-order valence-corrected chi connectivity index (χ1v) is 7.40. The Bertz CT molecular complexity index is 678. The van der Waals surface area contributed by atoms with Crippen LogP contribution in [0.3, 0.4) is 0 Å². The maximum absolute atomic E-state index is 13.6. The zero-order valence-electron chi connectivity index (χ0n) is 10.9. The zero-order chi connectivity index (χ0) is 14.8. The molecule has 0 spiro atoms. The van der Waals surface area contributed by atoms with Crippen LogP contribution in [0.1, 0.15) is 11.1 Å². The van der Waals surface area contributed by atoms with Gasteiger partial charge in [-0.05, 0) is 30.3 Å². The van der Waals surface area contributed by atoms with Crippen LogP contribution in [0.2, 0.25) is 5.02 Å². The molecule has 3 nitrogen and oxygen atoms in total. The van der Waals surface area contributed by atoms with Crippen molar-refractivity contribution in [1.29, 1.82) is 0 Å². The lowest BCUT2D eigenvalue weighted by molar-refractivity contribution is -0.0178. The van der Waals surface area contributed by atoms with Crippen molar-refractivity contribution in [3.63, 3.8) is 0 Å². The quantitative estimate of drug-likeness (QED) is 0.781. The van der Waals surface area contributed by atoms with Crippen LogP contribution in [-0.2, 0) is 18.0 Å². The van der Waals surface area contributed by atoms with E-state index in [-0.39, 0.29) is 19.2 Å². The van der Waals surface area contributed by atoms with Crippen LogP contribution in [0, 0.1) is 5.82 Å². The smallest absolute Gasteiger partial charge is 0.189 e. The number of halogens is 3. The van der Waals surface area contributed by atoms with Crippen LogP contribution in [0.25, 0.3) is 0 Å². The van der Waals surface area contributed by atoms with Gasteiger partial charge < -0.3 is 14.2 Å². The highest BCUT2D eigenvalue weighted by Gasteiger charge is 2.17. The lowest BCUT2D eigenvalue weighted by atomic mass is 10.1. The number of ether oxygens (including phenoxy) is 3. The third-order valence-electron chi connectivity index (χ3n) is 3.03. The van der Waals surface area contributed by atoms with E-state index < -0.39 is 0 Å². The van der Waals surface area contributed by atoms with Gasteiger partial charge in [0.2, 0.25) is 0 Å². The first-order chi connectivity index (χ1) is 10.1. The molecule has 2 aromatic carbocycles. The number of hydrogen-bond donors (Lipinski definition) is 0. The molecule has 21 heavy (non-hydrogen) atoms. The molecule has 0 saturated carbocycles. The monoisotopic (exact) mass is 372 g/mol. The summed E-state index contributed by atoms with van der Waals surface area (Å²) >= 11 is 9.42. The Morgan fingerprint density at radius 3 is 2.95 bits per heavy atom. The molecule has 0 bridgehead atoms. The summed E-state index contributed by atoms with van der Waals surface area (Å²) in [7, 11) is 0. The second-order valence-electron chi connectivity index (χ2n) is 4.53. The Labute approximate surface area is 134 Å². The Balaban J connectivity index is 1.83. The average Bonchev–Trinajstić information content (AvgIpc) is 2.46. The van der Waals surface area contributed by atoms with E-state index in [1.165, 1.54) is 12.1 Å². The first-order valence-electron chi connectivity index (χ1n) is 6.23. The number of benzene rings is 2. The third kappa shape index (κ3) is 3.31. The predicted octanol–water partition coefficient (Wildman–Crippen LogP) is 4.69. The van der Waals surface area contributed by atoms with Gasteiger partial charge in [-0.1, -0.05) is 27.5 Å². The third-order valence-corrected chi connectivity index (χ3v) is 3.82. The SMILES string of the molecule is Fc1cc2c(c(COc3ccc(Br)cc3Cl)c1)OCOC2. The molecule has 0 amide bonds. The summed E-state index contributed by atoms with van der Waals surface area (Å²) in [6.07, 6.45) is 0. The molecule has 2 aromatic rings. The van der Waals surface area contributed by atoms with E-state index in [9.17, 15) is 4.39 Å². The van der Waals surface area contributed by atoms with Crippen LogP contribution in [0.15, 0.2) is 34.8 Å². The Morgan fingerprint density at radius 2 is 2.14 bits per heavy atom. The van der Waals surface area contributed by atoms with Crippen molar-refractivity contribution in [3.8, 4) is 11.5 Å². The topological polar surface area (TPSA) is 27.7 Å². The van der Waals surface area contributed by atoms with Crippen molar-refractivity contribution in [2.75, 3.05) is 6.79 Å². The molecule has 1 heterocycles. The average molecular weight is 374 g/mol. The molecule has 0 atom stereocenters. The van der Waals surface area contributed by atoms with E-state index in [0.29, 0.717) is 34.3 Å². The largest absolute Gasteiger partial charge is 0.487 e. The maximum Gasteiger partial charge on any atom is 0.189 e. The molecule has 6 heteroatoms. The van der Waals surface area contributed by atoms with Crippen molar-refractivity contribution >= 4 is 27.5 Å². The minimum atomic E-state index is -0.344. The van der Waals surface area contributed by atoms with Gasteiger partial charge in [-0.15, -0.1) is 0 Å². The minimum absolute atomic E-state index is 0.157. The summed E-state index contributed by atoms with van der Waals surface area (Å²) in [5.41, 5.74) is 1.31. The van der Waals surface area contributed by atoms with Crippen molar-refractivity contribution in [2.24, 2.45) is 0 Å². The van der Waals surface area contributed by atoms with E-state index in [4.69, 9.17) is 25.8 Å². The van der Waals surface area contributed by atoms with Crippen molar-refractivity contribution in [1.82, 2.24) is 0 Å². The molecule has 110 valence electrons. The summed E-state index contributed by atoms with van der Waals surface area (Å²) in [5, 5.41) is 0.485. The molecule has 1 aliphatic rings. The number of fused-ring (bicyclic) bond motifs is 1. The molecule has 0 aromatic heterocycles. The van der Waals surface area contributed by atoms with E-state index in [0.717, 1.165) is 4.47 Å². The summed E-state index contributed by atoms with van der Waals surface area (Å²) in [6.45, 7) is 0.658. The Hall–Kier alpha value is -1.30. The summed E-state index contributed by atoms with van der Waals surface area (Å²) in [4.78, 5) is 0. The van der Waals surface area contributed by atoms with Gasteiger partial charge >= 0.3 is 0 Å². The van der Waals surface area contributed by atoms with Gasteiger partial charge in [0.1, 0.15) is 23.9 Å². The number of rotatable bonds is 3. The van der Waals surface area contributed by atoms with Gasteiger partial charge in [0.25, 0.3) is 0 Å². The molecule has 0 radical (unpaired) electrons. The molecular weight excluding hydrogens is 363 g/mol. The molecule has 1 aliphatic heterocycles. The highest BCUT2D eigenvalue weighted by molar-refractivity contribution is 9.10. The fourth-order valence-corrected chi connectivity index (χ4v) is 2.84. The van der Waals surface area contributed by atoms with Crippen molar-refractivity contribution in [2.45, 2.75) is 13.2 Å². The molecule has 0 N–H and O–H groups in total. The second kappa shape index (κ2) is 6.22. The summed E-state index contributed by atoms with van der Waals surface area (Å²) in [6, 6.07) is 8.12. The molecule has 0 aliphatic carbocycles. The van der Waals surface area contributed by atoms with Gasteiger partial charge in [0.05, 0.1) is 11.6 Å². The van der Waals surface area contributed by atoms with Crippen molar-refractivity contribution in [3.05, 3.63) is 56.8 Å². The Kier molecular flexibility index (Phi) is 4.33. The zero-order valence-corrected chi connectivity index (χ0v) is 13.2. The fourth-order valence-electron chi connectivity index (χ4n) is 2.11. The van der Waals surface area contributed by atoms with Crippen LogP contribution in [-0.4, -0.2) is 6.79 Å². The summed E-state index contributed by atoms with van der Waals surface area (Å²) < 4.78 is 30.7. The predicted molar refractivity (Wildman–Crippen MR) is 80.2 cm³/mol. The maximum atomic E-state index is 13.6. The molecule has 0 fully saturated rings. The van der Waals surface area contributed by atoms with Gasteiger partial charge in [-0.3, -0.25) is 0 Å². The van der Waals surface area contributed by atoms with Crippen molar-refractivity contribution < 1.29 is 18.6 Å². The lowest BCUT2D eigenvalue weighted by Gasteiger charge is -2.21. The summed E-state index contributed by atoms with van der Waals surface area (Å²) in [5.74, 6) is 0.809. The van der Waals surface area contributed by atoms with E-state index in [1.54, 1.807) is 12.1 Å².